The van der Waals surface area contributed by atoms with Crippen molar-refractivity contribution >= 4 is 63.3 Å². The van der Waals surface area contributed by atoms with Crippen LogP contribution in [-0.4, -0.2) is 15.1 Å². The molecule has 0 spiro atoms. The molecule has 0 aliphatic heterocycles. The molecule has 0 heterocycles. The SMILES string of the molecule is Cc1ccc(NC(=S)NNC(=S)Nc2cc([N+](=O)[O-])ccc2Cl)c(C)c1. The highest BCUT2D eigenvalue weighted by molar-refractivity contribution is 7.81. The van der Waals surface area contributed by atoms with E-state index in [1.165, 1.54) is 18.2 Å². The lowest BCUT2D eigenvalue weighted by atomic mass is 10.1. The summed E-state index contributed by atoms with van der Waals surface area (Å²) in [5.41, 5.74) is 8.73. The Morgan fingerprint density at radius 3 is 2.19 bits per heavy atom. The van der Waals surface area contributed by atoms with Crippen molar-refractivity contribution < 1.29 is 4.92 Å². The summed E-state index contributed by atoms with van der Waals surface area (Å²) in [5.74, 6) is 0. The van der Waals surface area contributed by atoms with Crippen LogP contribution in [-0.2, 0) is 0 Å². The van der Waals surface area contributed by atoms with Crippen LogP contribution in [0.5, 0.6) is 0 Å². The number of hydrazine groups is 1. The Morgan fingerprint density at radius 1 is 1.00 bits per heavy atom. The van der Waals surface area contributed by atoms with Gasteiger partial charge in [0.15, 0.2) is 10.2 Å². The topological polar surface area (TPSA) is 91.3 Å². The van der Waals surface area contributed by atoms with Gasteiger partial charge in [-0.15, -0.1) is 0 Å². The Labute approximate surface area is 166 Å². The van der Waals surface area contributed by atoms with Gasteiger partial charge >= 0.3 is 0 Å². The van der Waals surface area contributed by atoms with E-state index in [0.29, 0.717) is 15.8 Å². The van der Waals surface area contributed by atoms with E-state index in [-0.39, 0.29) is 10.8 Å². The fourth-order valence-corrected chi connectivity index (χ4v) is 2.58. The molecule has 7 nitrogen and oxygen atoms in total. The molecule has 2 aromatic rings. The van der Waals surface area contributed by atoms with Crippen LogP contribution in [0.4, 0.5) is 17.1 Å². The monoisotopic (exact) mass is 409 g/mol. The van der Waals surface area contributed by atoms with Crippen LogP contribution in [0.2, 0.25) is 5.02 Å². The van der Waals surface area contributed by atoms with Crippen LogP contribution in [0.1, 0.15) is 11.1 Å². The van der Waals surface area contributed by atoms with Gasteiger partial charge in [0.25, 0.3) is 5.69 Å². The van der Waals surface area contributed by atoms with Crippen molar-refractivity contribution in [1.82, 2.24) is 10.9 Å². The maximum absolute atomic E-state index is 10.8. The summed E-state index contributed by atoms with van der Waals surface area (Å²) in [4.78, 5) is 10.3. The zero-order chi connectivity index (χ0) is 19.3. The Hall–Kier alpha value is -2.49. The lowest BCUT2D eigenvalue weighted by molar-refractivity contribution is -0.384. The number of rotatable bonds is 3. The number of anilines is 2. The van der Waals surface area contributed by atoms with Crippen molar-refractivity contribution in [3.63, 3.8) is 0 Å². The summed E-state index contributed by atoms with van der Waals surface area (Å²) in [6, 6.07) is 9.97. The third-order valence-electron chi connectivity index (χ3n) is 3.33. The minimum atomic E-state index is -0.515. The summed E-state index contributed by atoms with van der Waals surface area (Å²) in [5, 5.41) is 17.4. The van der Waals surface area contributed by atoms with Crippen molar-refractivity contribution in [3.05, 3.63) is 62.7 Å². The molecule has 26 heavy (non-hydrogen) atoms. The van der Waals surface area contributed by atoms with E-state index < -0.39 is 4.92 Å². The van der Waals surface area contributed by atoms with E-state index in [0.717, 1.165) is 16.8 Å². The Bertz CT molecular complexity index is 876. The van der Waals surface area contributed by atoms with Crippen molar-refractivity contribution in [2.45, 2.75) is 13.8 Å². The average molecular weight is 410 g/mol. The van der Waals surface area contributed by atoms with E-state index in [4.69, 9.17) is 36.0 Å². The van der Waals surface area contributed by atoms with E-state index in [1.54, 1.807) is 0 Å². The molecule has 2 rings (SSSR count). The first kappa shape index (κ1) is 19.8. The van der Waals surface area contributed by atoms with Crippen molar-refractivity contribution in [1.29, 1.82) is 0 Å². The highest BCUT2D eigenvalue weighted by atomic mass is 35.5. The van der Waals surface area contributed by atoms with Gasteiger partial charge in [-0.05, 0) is 56.0 Å². The van der Waals surface area contributed by atoms with E-state index in [9.17, 15) is 10.1 Å². The lowest BCUT2D eigenvalue weighted by Crippen LogP contribution is -2.45. The molecule has 0 bridgehead atoms. The molecule has 0 saturated carbocycles. The first-order chi connectivity index (χ1) is 12.3. The van der Waals surface area contributed by atoms with Crippen LogP contribution in [0.3, 0.4) is 0 Å². The van der Waals surface area contributed by atoms with Gasteiger partial charge in [0.2, 0.25) is 0 Å². The molecule has 0 aromatic heterocycles. The molecule has 0 aliphatic carbocycles. The third-order valence-corrected chi connectivity index (χ3v) is 4.07. The minimum absolute atomic E-state index is 0.0975. The second kappa shape index (κ2) is 8.75. The van der Waals surface area contributed by atoms with Crippen molar-refractivity contribution in [2.75, 3.05) is 10.6 Å². The molecule has 0 saturated heterocycles. The van der Waals surface area contributed by atoms with Crippen LogP contribution in [0.15, 0.2) is 36.4 Å². The van der Waals surface area contributed by atoms with Crippen LogP contribution in [0, 0.1) is 24.0 Å². The number of nitro groups is 1. The van der Waals surface area contributed by atoms with Gasteiger partial charge in [-0.1, -0.05) is 29.3 Å². The summed E-state index contributed by atoms with van der Waals surface area (Å²) in [6.45, 7) is 3.99. The second-order valence-corrected chi connectivity index (χ2v) is 6.62. The predicted octanol–water partition coefficient (Wildman–Crippen LogP) is 4.05. The fraction of sp³-hybridized carbons (Fsp3) is 0.125. The van der Waals surface area contributed by atoms with Crippen molar-refractivity contribution in [3.8, 4) is 0 Å². The number of nitro benzene ring substituents is 1. The minimum Gasteiger partial charge on any atom is -0.331 e. The lowest BCUT2D eigenvalue weighted by Gasteiger charge is -2.16. The molecule has 0 atom stereocenters. The number of benzene rings is 2. The van der Waals surface area contributed by atoms with E-state index in [1.807, 2.05) is 32.0 Å². The number of aryl methyl sites for hydroxylation is 2. The summed E-state index contributed by atoms with van der Waals surface area (Å²) < 4.78 is 0. The van der Waals surface area contributed by atoms with Gasteiger partial charge in [-0.25, -0.2) is 0 Å². The number of halogens is 1. The zero-order valence-corrected chi connectivity index (χ0v) is 16.3. The van der Waals surface area contributed by atoms with Crippen molar-refractivity contribution in [2.24, 2.45) is 0 Å². The number of hydrogen-bond donors (Lipinski definition) is 4. The molecule has 136 valence electrons. The maximum atomic E-state index is 10.8. The maximum Gasteiger partial charge on any atom is 0.271 e. The molecule has 0 fully saturated rings. The standard InChI is InChI=1S/C16H16ClN5O2S2/c1-9-3-6-13(10(2)7-9)18-15(25)20-21-16(26)19-14-8-11(22(23)24)4-5-12(14)17/h3-8H,1-2H3,(H2,18,20,25)(H2,19,21,26). The largest absolute Gasteiger partial charge is 0.331 e. The Kier molecular flexibility index (Phi) is 6.67. The van der Waals surface area contributed by atoms with Gasteiger partial charge in [0.1, 0.15) is 0 Å². The molecule has 0 amide bonds. The van der Waals surface area contributed by atoms with Gasteiger partial charge in [-0.3, -0.25) is 21.0 Å². The highest BCUT2D eigenvalue weighted by Gasteiger charge is 2.11. The molecule has 2 aromatic carbocycles. The molecule has 0 unspecified atom stereocenters. The zero-order valence-electron chi connectivity index (χ0n) is 13.9. The summed E-state index contributed by atoms with van der Waals surface area (Å²) in [7, 11) is 0. The van der Waals surface area contributed by atoms with Crippen LogP contribution in [0.25, 0.3) is 0 Å². The quantitative estimate of drug-likeness (QED) is 0.343. The number of hydrogen-bond acceptors (Lipinski definition) is 4. The van der Waals surface area contributed by atoms with Gasteiger partial charge in [-0.2, -0.15) is 0 Å². The number of nitrogens with zero attached hydrogens (tertiary/aromatic N) is 1. The predicted molar refractivity (Wildman–Crippen MR) is 113 cm³/mol. The normalized spacial score (nSPS) is 9.96. The smallest absolute Gasteiger partial charge is 0.271 e. The van der Waals surface area contributed by atoms with Crippen LogP contribution >= 0.6 is 36.0 Å². The summed E-state index contributed by atoms with van der Waals surface area (Å²) >= 11 is 16.3. The van der Waals surface area contributed by atoms with Gasteiger partial charge in [0.05, 0.1) is 15.6 Å². The number of non-ortho nitro benzene ring substituents is 1. The van der Waals surface area contributed by atoms with E-state index in [2.05, 4.69) is 21.5 Å². The fourth-order valence-electron chi connectivity index (χ4n) is 2.10. The number of nitrogens with one attached hydrogen (secondary N) is 4. The van der Waals surface area contributed by atoms with Crippen LogP contribution < -0.4 is 21.5 Å². The molecule has 10 heteroatoms. The second-order valence-electron chi connectivity index (χ2n) is 5.40. The first-order valence-corrected chi connectivity index (χ1v) is 8.61. The third kappa shape index (κ3) is 5.51. The van der Waals surface area contributed by atoms with E-state index >= 15 is 0 Å². The molecule has 4 N–H and O–H groups in total. The Morgan fingerprint density at radius 2 is 1.62 bits per heavy atom. The average Bonchev–Trinajstić information content (AvgIpc) is 2.57. The molecular formula is C16H16ClN5O2S2. The van der Waals surface area contributed by atoms with Gasteiger partial charge < -0.3 is 10.6 Å². The number of thiocarbonyl (C=S) groups is 2. The first-order valence-electron chi connectivity index (χ1n) is 7.41. The highest BCUT2D eigenvalue weighted by Crippen LogP contribution is 2.26. The molecule has 0 radical (unpaired) electrons. The summed E-state index contributed by atoms with van der Waals surface area (Å²) in [6.07, 6.45) is 0. The van der Waals surface area contributed by atoms with Gasteiger partial charge in [0, 0.05) is 17.8 Å². The molecular weight excluding hydrogens is 394 g/mol. The molecule has 0 aliphatic rings. The Balaban J connectivity index is 1.91.